The van der Waals surface area contributed by atoms with E-state index in [1.165, 1.54) is 24.3 Å². The summed E-state index contributed by atoms with van der Waals surface area (Å²) < 4.78 is 56.7. The van der Waals surface area contributed by atoms with E-state index in [2.05, 4.69) is 15.0 Å². The topological polar surface area (TPSA) is 88.5 Å². The number of nitrogens with one attached hydrogen (secondary N) is 1. The fourth-order valence-electron chi connectivity index (χ4n) is 4.68. The molecule has 1 aromatic heterocycles. The van der Waals surface area contributed by atoms with Crippen molar-refractivity contribution in [3.8, 4) is 16.9 Å². The Morgan fingerprint density at radius 3 is 2.37 bits per heavy atom. The molecule has 0 saturated heterocycles. The van der Waals surface area contributed by atoms with Crippen molar-refractivity contribution in [3.05, 3.63) is 72.0 Å². The molecule has 1 fully saturated rings. The largest absolute Gasteiger partial charge is 0.573 e. The number of ether oxygens (including phenoxy) is 1. The van der Waals surface area contributed by atoms with Gasteiger partial charge in [0.1, 0.15) is 11.6 Å². The number of carboxylic acids is 1. The summed E-state index contributed by atoms with van der Waals surface area (Å²) in [7, 11) is 0. The zero-order valence-electron chi connectivity index (χ0n) is 19.6. The van der Waals surface area contributed by atoms with Gasteiger partial charge >= 0.3 is 12.3 Å². The quantitative estimate of drug-likeness (QED) is 0.186. The van der Waals surface area contributed by atoms with E-state index in [4.69, 9.17) is 0 Å². The van der Waals surface area contributed by atoms with Crippen LogP contribution in [0.25, 0.3) is 21.3 Å². The van der Waals surface area contributed by atoms with Gasteiger partial charge in [-0.2, -0.15) is 0 Å². The van der Waals surface area contributed by atoms with Gasteiger partial charge in [0.15, 0.2) is 10.9 Å². The van der Waals surface area contributed by atoms with Crippen molar-refractivity contribution >= 4 is 44.1 Å². The molecule has 0 bridgehead atoms. The molecule has 4 aromatic rings. The lowest BCUT2D eigenvalue weighted by Gasteiger charge is -2.15. The Bertz CT molecular complexity index is 1520. The first-order chi connectivity index (χ1) is 18.1. The second kappa shape index (κ2) is 10.1. The number of alkyl halides is 3. The number of thiazole rings is 1. The van der Waals surface area contributed by atoms with Gasteiger partial charge in [-0.1, -0.05) is 48.1 Å². The third kappa shape index (κ3) is 5.47. The fourth-order valence-corrected chi connectivity index (χ4v) is 5.58. The van der Waals surface area contributed by atoms with Crippen molar-refractivity contribution in [1.82, 2.24) is 4.98 Å². The highest BCUT2D eigenvalue weighted by Gasteiger charge is 2.38. The van der Waals surface area contributed by atoms with Crippen molar-refractivity contribution in [2.75, 3.05) is 5.32 Å². The highest BCUT2D eigenvalue weighted by Crippen LogP contribution is 2.36. The smallest absolute Gasteiger partial charge is 0.481 e. The summed E-state index contributed by atoms with van der Waals surface area (Å²) in [6.07, 6.45) is -3.06. The Balaban J connectivity index is 1.30. The number of carbonyl (C=O) groups is 2. The summed E-state index contributed by atoms with van der Waals surface area (Å²) in [6.45, 7) is 0. The highest BCUT2D eigenvalue weighted by atomic mass is 32.1. The summed E-state index contributed by atoms with van der Waals surface area (Å²) in [4.78, 5) is 28.5. The summed E-state index contributed by atoms with van der Waals surface area (Å²) in [5.41, 5.74) is 2.23. The summed E-state index contributed by atoms with van der Waals surface area (Å²) in [5.74, 6) is -3.28. The number of carboxylic acid groups (broad SMARTS) is 1. The Labute approximate surface area is 217 Å². The van der Waals surface area contributed by atoms with Gasteiger partial charge in [-0.05, 0) is 48.2 Å². The Morgan fingerprint density at radius 1 is 0.974 bits per heavy atom. The van der Waals surface area contributed by atoms with Gasteiger partial charge in [0.25, 0.3) is 0 Å². The number of hydrogen-bond acceptors (Lipinski definition) is 6. The number of Topliss-reactive ketones (excluding diaryl/α,β-unsaturated/α-hetero) is 1. The highest BCUT2D eigenvalue weighted by molar-refractivity contribution is 7.22. The van der Waals surface area contributed by atoms with Gasteiger partial charge < -0.3 is 15.2 Å². The van der Waals surface area contributed by atoms with Gasteiger partial charge in [-0.3, -0.25) is 9.59 Å². The molecule has 1 saturated carbocycles. The van der Waals surface area contributed by atoms with E-state index in [0.29, 0.717) is 51.3 Å². The van der Waals surface area contributed by atoms with Crippen LogP contribution >= 0.6 is 11.3 Å². The molecule has 1 aliphatic rings. The molecule has 2 atom stereocenters. The molecule has 2 N–H and O–H groups in total. The number of benzene rings is 3. The average molecular weight is 545 g/mol. The molecule has 11 heteroatoms. The monoisotopic (exact) mass is 544 g/mol. The van der Waals surface area contributed by atoms with Crippen molar-refractivity contribution in [3.63, 3.8) is 0 Å². The van der Waals surface area contributed by atoms with E-state index in [1.807, 2.05) is 0 Å². The molecule has 0 aliphatic heterocycles. The first-order valence-corrected chi connectivity index (χ1v) is 12.5. The molecule has 0 spiro atoms. The molecule has 3 aromatic carbocycles. The summed E-state index contributed by atoms with van der Waals surface area (Å²) in [6, 6.07) is 14.9. The van der Waals surface area contributed by atoms with Crippen molar-refractivity contribution in [2.45, 2.75) is 25.6 Å². The molecule has 0 amide bonds. The average Bonchev–Trinajstić information content (AvgIpc) is 3.51. The lowest BCUT2D eigenvalue weighted by Crippen LogP contribution is -2.25. The molecule has 5 rings (SSSR count). The number of halogens is 4. The number of carbonyl (C=O) groups excluding carboxylic acids is 1. The van der Waals surface area contributed by atoms with Crippen LogP contribution in [0.1, 0.15) is 29.6 Å². The maximum atomic E-state index is 14.9. The summed E-state index contributed by atoms with van der Waals surface area (Å²) in [5, 5.41) is 12.5. The molecule has 38 heavy (non-hydrogen) atoms. The van der Waals surface area contributed by atoms with Gasteiger partial charge in [0.05, 0.1) is 21.8 Å². The van der Waals surface area contributed by atoms with Crippen LogP contribution in [-0.4, -0.2) is 28.2 Å². The Hall–Kier alpha value is -3.99. The van der Waals surface area contributed by atoms with E-state index in [-0.39, 0.29) is 17.2 Å². The van der Waals surface area contributed by atoms with E-state index < -0.39 is 30.0 Å². The van der Waals surface area contributed by atoms with Crippen LogP contribution in [-0.2, 0) is 4.79 Å². The molecule has 1 aliphatic carbocycles. The first-order valence-electron chi connectivity index (χ1n) is 11.7. The fraction of sp³-hybridized carbons (Fsp3) is 0.222. The van der Waals surface area contributed by atoms with Crippen LogP contribution in [0.5, 0.6) is 5.75 Å². The number of anilines is 2. The number of rotatable bonds is 7. The van der Waals surface area contributed by atoms with E-state index in [9.17, 15) is 32.3 Å². The zero-order chi connectivity index (χ0) is 27.0. The molecule has 1 heterocycles. The first kappa shape index (κ1) is 25.7. The molecule has 1 unspecified atom stereocenters. The predicted octanol–water partition coefficient (Wildman–Crippen LogP) is 7.43. The van der Waals surface area contributed by atoms with Gasteiger partial charge in [-0.25, -0.2) is 9.37 Å². The molecule has 0 radical (unpaired) electrons. The zero-order valence-corrected chi connectivity index (χ0v) is 20.4. The lowest BCUT2D eigenvalue weighted by atomic mass is 9.88. The predicted molar refractivity (Wildman–Crippen MR) is 134 cm³/mol. The minimum absolute atomic E-state index is 0.132. The standard InChI is InChI=1S/C27H20F4N2O4S/c28-20-12-16(14-4-6-15(7-5-14)24(34)18-2-1-3-19(18)25(35)36)8-10-21(20)32-26-33-22-11-9-17(13-23(22)38-26)37-27(29,30)31/h4-13,18-19H,1-3H2,(H,32,33)(H,35,36)/t18?,19-/m1/s1. The minimum Gasteiger partial charge on any atom is -0.481 e. The number of hydrogen-bond donors (Lipinski definition) is 2. The maximum Gasteiger partial charge on any atom is 0.573 e. The molecular weight excluding hydrogens is 524 g/mol. The number of ketones is 1. The maximum absolute atomic E-state index is 14.9. The second-order valence-corrected chi connectivity index (χ2v) is 9.97. The number of aromatic nitrogens is 1. The van der Waals surface area contributed by atoms with Crippen molar-refractivity contribution in [1.29, 1.82) is 0 Å². The van der Waals surface area contributed by atoms with Gasteiger partial charge in [0, 0.05) is 17.5 Å². The summed E-state index contributed by atoms with van der Waals surface area (Å²) >= 11 is 1.05. The number of nitrogens with zero attached hydrogens (tertiary/aromatic N) is 1. The normalized spacial score (nSPS) is 17.5. The van der Waals surface area contributed by atoms with Crippen molar-refractivity contribution < 1.29 is 37.0 Å². The SMILES string of the molecule is O=C(c1ccc(-c2ccc(Nc3nc4ccc(OC(F)(F)F)cc4s3)c(F)c2)cc1)C1CCC[C@H]1C(=O)O. The third-order valence-corrected chi connectivity index (χ3v) is 7.41. The van der Waals surface area contributed by atoms with Crippen molar-refractivity contribution in [2.24, 2.45) is 11.8 Å². The van der Waals surface area contributed by atoms with Crippen LogP contribution in [0.4, 0.5) is 28.4 Å². The number of aliphatic carboxylic acids is 1. The molecular formula is C27H20F4N2O4S. The Kier molecular flexibility index (Phi) is 6.78. The van der Waals surface area contributed by atoms with Gasteiger partial charge in [0.2, 0.25) is 0 Å². The van der Waals surface area contributed by atoms with Crippen LogP contribution in [0.15, 0.2) is 60.7 Å². The van der Waals surface area contributed by atoms with Crippen LogP contribution in [0.3, 0.4) is 0 Å². The van der Waals surface area contributed by atoms with E-state index >= 15 is 0 Å². The minimum atomic E-state index is -4.81. The lowest BCUT2D eigenvalue weighted by molar-refractivity contribution is -0.274. The van der Waals surface area contributed by atoms with Crippen LogP contribution in [0.2, 0.25) is 0 Å². The Morgan fingerprint density at radius 2 is 1.68 bits per heavy atom. The van der Waals surface area contributed by atoms with Crippen LogP contribution in [0, 0.1) is 17.7 Å². The van der Waals surface area contributed by atoms with Crippen LogP contribution < -0.4 is 10.1 Å². The third-order valence-electron chi connectivity index (χ3n) is 6.48. The van der Waals surface area contributed by atoms with E-state index in [1.54, 1.807) is 30.3 Å². The number of fused-ring (bicyclic) bond motifs is 1. The van der Waals surface area contributed by atoms with E-state index in [0.717, 1.165) is 17.4 Å². The molecule has 196 valence electrons. The van der Waals surface area contributed by atoms with Gasteiger partial charge in [-0.15, -0.1) is 13.2 Å². The molecule has 6 nitrogen and oxygen atoms in total. The second-order valence-electron chi connectivity index (χ2n) is 8.94.